The molecule has 0 spiro atoms. The monoisotopic (exact) mass is 197 g/mol. The van der Waals surface area contributed by atoms with Gasteiger partial charge in [0.05, 0.1) is 6.54 Å². The molecule has 82 valence electrons. The first-order valence-corrected chi connectivity index (χ1v) is 5.66. The normalized spacial score (nSPS) is 16.4. The maximum atomic E-state index is 4.28. The van der Waals surface area contributed by atoms with Gasteiger partial charge < -0.3 is 10.6 Å². The number of rotatable bonds is 5. The van der Waals surface area contributed by atoms with Crippen LogP contribution in [0.3, 0.4) is 0 Å². The zero-order valence-corrected chi connectivity index (χ0v) is 9.69. The maximum absolute atomic E-state index is 4.28. The highest BCUT2D eigenvalue weighted by atomic mass is 15.2. The van der Waals surface area contributed by atoms with Crippen LogP contribution in [0, 0.1) is 5.41 Å². The van der Waals surface area contributed by atoms with Crippen molar-refractivity contribution < 1.29 is 0 Å². The summed E-state index contributed by atoms with van der Waals surface area (Å²) >= 11 is 0. The van der Waals surface area contributed by atoms with Crippen molar-refractivity contribution in [2.24, 2.45) is 10.4 Å². The van der Waals surface area contributed by atoms with E-state index in [0.717, 1.165) is 25.6 Å². The number of aliphatic imine (C=N–C) groups is 1. The highest BCUT2D eigenvalue weighted by molar-refractivity contribution is 5.81. The molecule has 14 heavy (non-hydrogen) atoms. The van der Waals surface area contributed by atoms with Crippen LogP contribution in [0.2, 0.25) is 0 Å². The van der Waals surface area contributed by atoms with Crippen molar-refractivity contribution in [2.75, 3.05) is 19.6 Å². The molecule has 0 bridgehead atoms. The molecule has 0 aliphatic carbocycles. The van der Waals surface area contributed by atoms with E-state index in [1.807, 2.05) is 0 Å². The average molecular weight is 197 g/mol. The summed E-state index contributed by atoms with van der Waals surface area (Å²) in [6, 6.07) is 0. The van der Waals surface area contributed by atoms with E-state index in [1.54, 1.807) is 0 Å². The van der Waals surface area contributed by atoms with Gasteiger partial charge in [-0.15, -0.1) is 0 Å². The molecule has 0 atom stereocenters. The molecule has 0 radical (unpaired) electrons. The molecule has 0 amide bonds. The van der Waals surface area contributed by atoms with Crippen LogP contribution in [-0.2, 0) is 0 Å². The molecule has 0 fully saturated rings. The minimum Gasteiger partial charge on any atom is -0.356 e. The highest BCUT2D eigenvalue weighted by Crippen LogP contribution is 2.25. The SMILES string of the molecule is CCC(C)(C)CCCNC1=NCCN1. The second-order valence-corrected chi connectivity index (χ2v) is 4.71. The molecular weight excluding hydrogens is 174 g/mol. The molecule has 0 saturated carbocycles. The van der Waals surface area contributed by atoms with Gasteiger partial charge in [-0.2, -0.15) is 0 Å². The lowest BCUT2D eigenvalue weighted by Crippen LogP contribution is -2.34. The lowest BCUT2D eigenvalue weighted by Gasteiger charge is -2.22. The summed E-state index contributed by atoms with van der Waals surface area (Å²) in [4.78, 5) is 4.28. The van der Waals surface area contributed by atoms with Crippen LogP contribution in [0.15, 0.2) is 4.99 Å². The Kier molecular flexibility index (Phi) is 4.23. The molecule has 1 heterocycles. The first-order valence-electron chi connectivity index (χ1n) is 5.66. The lowest BCUT2D eigenvalue weighted by atomic mass is 9.85. The summed E-state index contributed by atoms with van der Waals surface area (Å²) < 4.78 is 0. The Morgan fingerprint density at radius 2 is 2.29 bits per heavy atom. The van der Waals surface area contributed by atoms with Gasteiger partial charge in [-0.25, -0.2) is 0 Å². The molecular formula is C11H23N3. The summed E-state index contributed by atoms with van der Waals surface area (Å²) in [5.41, 5.74) is 0.493. The van der Waals surface area contributed by atoms with Gasteiger partial charge in [0, 0.05) is 13.1 Å². The first-order chi connectivity index (χ1) is 6.64. The third-order valence-corrected chi connectivity index (χ3v) is 2.95. The number of nitrogens with zero attached hydrogens (tertiary/aromatic N) is 1. The third kappa shape index (κ3) is 3.99. The molecule has 1 aliphatic heterocycles. The predicted octanol–water partition coefficient (Wildman–Crippen LogP) is 1.75. The lowest BCUT2D eigenvalue weighted by molar-refractivity contribution is 0.313. The summed E-state index contributed by atoms with van der Waals surface area (Å²) in [6.45, 7) is 9.87. The van der Waals surface area contributed by atoms with E-state index in [0.29, 0.717) is 5.41 Å². The Hall–Kier alpha value is -0.730. The smallest absolute Gasteiger partial charge is 0.191 e. The Morgan fingerprint density at radius 1 is 1.50 bits per heavy atom. The highest BCUT2D eigenvalue weighted by Gasteiger charge is 2.14. The molecule has 3 nitrogen and oxygen atoms in total. The van der Waals surface area contributed by atoms with E-state index >= 15 is 0 Å². The van der Waals surface area contributed by atoms with Crippen LogP contribution in [-0.4, -0.2) is 25.6 Å². The molecule has 3 heteroatoms. The van der Waals surface area contributed by atoms with Crippen molar-refractivity contribution in [3.8, 4) is 0 Å². The van der Waals surface area contributed by atoms with Gasteiger partial charge in [-0.05, 0) is 18.3 Å². The van der Waals surface area contributed by atoms with Crippen molar-refractivity contribution in [3.05, 3.63) is 0 Å². The fourth-order valence-corrected chi connectivity index (χ4v) is 1.47. The fraction of sp³-hybridized carbons (Fsp3) is 0.909. The van der Waals surface area contributed by atoms with E-state index in [1.165, 1.54) is 19.3 Å². The number of nitrogens with one attached hydrogen (secondary N) is 2. The number of hydrogen-bond acceptors (Lipinski definition) is 3. The molecule has 0 aromatic heterocycles. The maximum Gasteiger partial charge on any atom is 0.191 e. The second kappa shape index (κ2) is 5.23. The second-order valence-electron chi connectivity index (χ2n) is 4.71. The molecule has 2 N–H and O–H groups in total. The van der Waals surface area contributed by atoms with Crippen LogP contribution < -0.4 is 10.6 Å². The zero-order chi connectivity index (χ0) is 10.4. The standard InChI is InChI=1S/C11H23N3/c1-4-11(2,3)6-5-7-12-10-13-8-9-14-10/h4-9H2,1-3H3,(H2,12,13,14). The van der Waals surface area contributed by atoms with Crippen LogP contribution in [0.25, 0.3) is 0 Å². The van der Waals surface area contributed by atoms with Gasteiger partial charge in [-0.3, -0.25) is 4.99 Å². The van der Waals surface area contributed by atoms with E-state index < -0.39 is 0 Å². The minimum absolute atomic E-state index is 0.493. The Balaban J connectivity index is 2.04. The fourth-order valence-electron chi connectivity index (χ4n) is 1.47. The van der Waals surface area contributed by atoms with Crippen molar-refractivity contribution in [1.29, 1.82) is 0 Å². The summed E-state index contributed by atoms with van der Waals surface area (Å²) in [5, 5.41) is 6.52. The van der Waals surface area contributed by atoms with Crippen LogP contribution in [0.5, 0.6) is 0 Å². The van der Waals surface area contributed by atoms with Crippen LogP contribution >= 0.6 is 0 Å². The average Bonchev–Trinajstić information content (AvgIpc) is 2.65. The van der Waals surface area contributed by atoms with Gasteiger partial charge in [0.25, 0.3) is 0 Å². The Morgan fingerprint density at radius 3 is 2.86 bits per heavy atom. The summed E-state index contributed by atoms with van der Waals surface area (Å²) in [7, 11) is 0. The largest absolute Gasteiger partial charge is 0.356 e. The molecule has 0 saturated heterocycles. The molecule has 1 rings (SSSR count). The summed E-state index contributed by atoms with van der Waals surface area (Å²) in [6.07, 6.45) is 3.76. The quantitative estimate of drug-likeness (QED) is 0.659. The van der Waals surface area contributed by atoms with Crippen LogP contribution in [0.1, 0.15) is 40.0 Å². The van der Waals surface area contributed by atoms with E-state index in [-0.39, 0.29) is 0 Å². The predicted molar refractivity (Wildman–Crippen MR) is 61.6 cm³/mol. The molecule has 0 aromatic rings. The Bertz CT molecular complexity index is 197. The topological polar surface area (TPSA) is 36.4 Å². The van der Waals surface area contributed by atoms with Crippen molar-refractivity contribution in [1.82, 2.24) is 10.6 Å². The van der Waals surface area contributed by atoms with Crippen molar-refractivity contribution in [2.45, 2.75) is 40.0 Å². The summed E-state index contributed by atoms with van der Waals surface area (Å²) in [5.74, 6) is 0.985. The van der Waals surface area contributed by atoms with Gasteiger partial charge in [0.1, 0.15) is 0 Å². The number of hydrogen-bond donors (Lipinski definition) is 2. The van der Waals surface area contributed by atoms with Gasteiger partial charge >= 0.3 is 0 Å². The van der Waals surface area contributed by atoms with Gasteiger partial charge in [0.15, 0.2) is 5.96 Å². The molecule has 0 aromatic carbocycles. The Labute approximate surface area is 87.4 Å². The molecule has 0 unspecified atom stereocenters. The number of guanidine groups is 1. The van der Waals surface area contributed by atoms with E-state index in [4.69, 9.17) is 0 Å². The van der Waals surface area contributed by atoms with Gasteiger partial charge in [0.2, 0.25) is 0 Å². The first kappa shape index (κ1) is 11.3. The van der Waals surface area contributed by atoms with Gasteiger partial charge in [-0.1, -0.05) is 27.2 Å². The molecule has 1 aliphatic rings. The van der Waals surface area contributed by atoms with E-state index in [9.17, 15) is 0 Å². The van der Waals surface area contributed by atoms with Crippen molar-refractivity contribution >= 4 is 5.96 Å². The van der Waals surface area contributed by atoms with Crippen molar-refractivity contribution in [3.63, 3.8) is 0 Å². The minimum atomic E-state index is 0.493. The van der Waals surface area contributed by atoms with Crippen LogP contribution in [0.4, 0.5) is 0 Å². The van der Waals surface area contributed by atoms with E-state index in [2.05, 4.69) is 36.4 Å². The zero-order valence-electron chi connectivity index (χ0n) is 9.69. The third-order valence-electron chi connectivity index (χ3n) is 2.95.